The molecule has 0 fully saturated rings. The van der Waals surface area contributed by atoms with Gasteiger partial charge in [-0.3, -0.25) is 14.9 Å². The molecule has 1 amide bonds. The first-order valence-corrected chi connectivity index (χ1v) is 6.97. The molecular formula is C14H10BrN3O5. The van der Waals surface area contributed by atoms with Crippen molar-refractivity contribution in [2.24, 2.45) is 5.10 Å². The molecule has 0 bridgehead atoms. The predicted molar refractivity (Wildman–Crippen MR) is 85.6 cm³/mol. The molecule has 23 heavy (non-hydrogen) atoms. The summed E-state index contributed by atoms with van der Waals surface area (Å²) in [6.07, 6.45) is 1.06. The highest BCUT2D eigenvalue weighted by Crippen LogP contribution is 2.22. The Morgan fingerprint density at radius 3 is 2.61 bits per heavy atom. The largest absolute Gasteiger partial charge is 0.507 e. The van der Waals surface area contributed by atoms with Gasteiger partial charge < -0.3 is 10.2 Å². The molecule has 9 heteroatoms. The molecule has 3 N–H and O–H groups in total. The Labute approximate surface area is 138 Å². The molecule has 0 heterocycles. The summed E-state index contributed by atoms with van der Waals surface area (Å²) in [5.41, 5.74) is 2.01. The summed E-state index contributed by atoms with van der Waals surface area (Å²) in [5, 5.41) is 33.5. The van der Waals surface area contributed by atoms with E-state index in [-0.39, 0.29) is 28.3 Å². The zero-order chi connectivity index (χ0) is 17.0. The standard InChI is InChI=1S/C14H10BrN3O5/c15-9-1-3-13(20)11(6-9)14(21)17-16-7-8-5-10(18(22)23)2-4-12(8)19/h1-7,19-20H,(H,17,21)/b16-7+. The van der Waals surface area contributed by atoms with Crippen molar-refractivity contribution >= 4 is 33.7 Å². The highest BCUT2D eigenvalue weighted by Gasteiger charge is 2.11. The van der Waals surface area contributed by atoms with Gasteiger partial charge in [-0.05, 0) is 24.3 Å². The third-order valence-corrected chi connectivity index (χ3v) is 3.29. The molecule has 0 saturated heterocycles. The van der Waals surface area contributed by atoms with Crippen molar-refractivity contribution in [3.8, 4) is 11.5 Å². The minimum Gasteiger partial charge on any atom is -0.507 e. The van der Waals surface area contributed by atoms with E-state index >= 15 is 0 Å². The van der Waals surface area contributed by atoms with Crippen LogP contribution in [0.2, 0.25) is 0 Å². The number of halogens is 1. The van der Waals surface area contributed by atoms with Crippen LogP contribution in [0.4, 0.5) is 5.69 Å². The summed E-state index contributed by atoms with van der Waals surface area (Å²) in [6.45, 7) is 0. The van der Waals surface area contributed by atoms with E-state index in [0.717, 1.165) is 24.4 Å². The number of carbonyl (C=O) groups is 1. The number of benzene rings is 2. The van der Waals surface area contributed by atoms with Crippen LogP contribution in [-0.4, -0.2) is 27.3 Å². The Morgan fingerprint density at radius 2 is 1.91 bits per heavy atom. The molecule has 118 valence electrons. The zero-order valence-electron chi connectivity index (χ0n) is 11.4. The average molecular weight is 380 g/mol. The van der Waals surface area contributed by atoms with Crippen molar-refractivity contribution in [1.29, 1.82) is 0 Å². The number of nitro benzene ring substituents is 1. The molecule has 2 aromatic rings. The van der Waals surface area contributed by atoms with E-state index in [1.54, 1.807) is 6.07 Å². The van der Waals surface area contributed by atoms with Crippen molar-refractivity contribution in [1.82, 2.24) is 5.43 Å². The van der Waals surface area contributed by atoms with Crippen molar-refractivity contribution in [2.75, 3.05) is 0 Å². The first-order valence-electron chi connectivity index (χ1n) is 6.18. The molecule has 0 aliphatic carbocycles. The average Bonchev–Trinajstić information content (AvgIpc) is 2.51. The maximum absolute atomic E-state index is 11.9. The number of amides is 1. The van der Waals surface area contributed by atoms with Crippen LogP contribution < -0.4 is 5.43 Å². The lowest BCUT2D eigenvalue weighted by Gasteiger charge is -2.03. The summed E-state index contributed by atoms with van der Waals surface area (Å²) < 4.78 is 0.598. The smallest absolute Gasteiger partial charge is 0.275 e. The van der Waals surface area contributed by atoms with Crippen LogP contribution in [0.3, 0.4) is 0 Å². The van der Waals surface area contributed by atoms with Crippen LogP contribution in [0.15, 0.2) is 46.0 Å². The fourth-order valence-corrected chi connectivity index (χ4v) is 2.03. The number of non-ortho nitro benzene ring substituents is 1. The lowest BCUT2D eigenvalue weighted by Crippen LogP contribution is -2.17. The van der Waals surface area contributed by atoms with Gasteiger partial charge in [0.25, 0.3) is 11.6 Å². The first kappa shape index (κ1) is 16.4. The summed E-state index contributed by atoms with van der Waals surface area (Å²) in [6, 6.07) is 7.73. The van der Waals surface area contributed by atoms with Crippen LogP contribution in [-0.2, 0) is 0 Å². The molecule has 0 aliphatic heterocycles. The van der Waals surface area contributed by atoms with E-state index < -0.39 is 10.8 Å². The molecule has 2 rings (SSSR count). The van der Waals surface area contributed by atoms with Gasteiger partial charge in [0.15, 0.2) is 0 Å². The van der Waals surface area contributed by atoms with Crippen molar-refractivity contribution in [2.45, 2.75) is 0 Å². The lowest BCUT2D eigenvalue weighted by atomic mass is 10.2. The van der Waals surface area contributed by atoms with E-state index in [1.807, 2.05) is 0 Å². The minimum atomic E-state index is -0.676. The van der Waals surface area contributed by atoms with Gasteiger partial charge in [0.2, 0.25) is 0 Å². The highest BCUT2D eigenvalue weighted by molar-refractivity contribution is 9.10. The van der Waals surface area contributed by atoms with Gasteiger partial charge in [0, 0.05) is 22.2 Å². The molecule has 0 saturated carbocycles. The first-order chi connectivity index (χ1) is 10.9. The Bertz CT molecular complexity index is 807. The summed E-state index contributed by atoms with van der Waals surface area (Å²) in [4.78, 5) is 22.0. The number of hydrogen-bond acceptors (Lipinski definition) is 6. The summed E-state index contributed by atoms with van der Waals surface area (Å²) in [5.74, 6) is -1.12. The van der Waals surface area contributed by atoms with E-state index in [9.17, 15) is 25.1 Å². The third kappa shape index (κ3) is 4.04. The number of phenols is 2. The van der Waals surface area contributed by atoms with Crippen molar-refractivity contribution in [3.63, 3.8) is 0 Å². The molecule has 0 aromatic heterocycles. The van der Waals surface area contributed by atoms with Crippen LogP contribution in [0.1, 0.15) is 15.9 Å². The van der Waals surface area contributed by atoms with Crippen LogP contribution in [0, 0.1) is 10.1 Å². The third-order valence-electron chi connectivity index (χ3n) is 2.79. The molecule has 0 spiro atoms. The van der Waals surface area contributed by atoms with Crippen LogP contribution in [0.5, 0.6) is 11.5 Å². The molecule has 0 radical (unpaired) electrons. The molecular weight excluding hydrogens is 370 g/mol. The number of hydrazone groups is 1. The van der Waals surface area contributed by atoms with Gasteiger partial charge in [-0.25, -0.2) is 5.43 Å². The highest BCUT2D eigenvalue weighted by atomic mass is 79.9. The number of nitrogens with one attached hydrogen (secondary N) is 1. The van der Waals surface area contributed by atoms with Gasteiger partial charge in [0.1, 0.15) is 11.5 Å². The number of hydrogen-bond donors (Lipinski definition) is 3. The zero-order valence-corrected chi connectivity index (χ0v) is 13.0. The Balaban J connectivity index is 2.15. The Kier molecular flexibility index (Phi) is 4.91. The second-order valence-corrected chi connectivity index (χ2v) is 5.28. The number of phenolic OH excluding ortho intramolecular Hbond substituents is 2. The number of carbonyl (C=O) groups excluding carboxylic acids is 1. The number of nitrogens with zero attached hydrogens (tertiary/aromatic N) is 2. The number of nitro groups is 1. The predicted octanol–water partition coefficient (Wildman–Crippen LogP) is 2.53. The topological polar surface area (TPSA) is 125 Å². The lowest BCUT2D eigenvalue weighted by molar-refractivity contribution is -0.384. The SMILES string of the molecule is O=C(N/N=C/c1cc([N+](=O)[O-])ccc1O)c1cc(Br)ccc1O. The Morgan fingerprint density at radius 1 is 1.22 bits per heavy atom. The summed E-state index contributed by atoms with van der Waals surface area (Å²) in [7, 11) is 0. The second-order valence-electron chi connectivity index (χ2n) is 4.36. The second kappa shape index (κ2) is 6.88. The number of rotatable bonds is 4. The maximum atomic E-state index is 11.9. The molecule has 8 nitrogen and oxygen atoms in total. The van der Waals surface area contributed by atoms with Gasteiger partial charge in [0.05, 0.1) is 16.7 Å². The maximum Gasteiger partial charge on any atom is 0.275 e. The van der Waals surface area contributed by atoms with Gasteiger partial charge in [-0.15, -0.1) is 0 Å². The van der Waals surface area contributed by atoms with E-state index in [2.05, 4.69) is 26.5 Å². The van der Waals surface area contributed by atoms with Gasteiger partial charge in [-0.1, -0.05) is 15.9 Å². The monoisotopic (exact) mass is 379 g/mol. The van der Waals surface area contributed by atoms with Crippen molar-refractivity contribution < 1.29 is 19.9 Å². The Hall–Kier alpha value is -2.94. The van der Waals surface area contributed by atoms with Crippen LogP contribution in [0.25, 0.3) is 0 Å². The van der Waals surface area contributed by atoms with Crippen molar-refractivity contribution in [3.05, 3.63) is 62.1 Å². The molecule has 2 aromatic carbocycles. The quantitative estimate of drug-likeness (QED) is 0.427. The molecule has 0 atom stereocenters. The van der Waals surface area contributed by atoms with Gasteiger partial charge >= 0.3 is 0 Å². The minimum absolute atomic E-state index is 0.000195. The van der Waals surface area contributed by atoms with E-state index in [4.69, 9.17) is 0 Å². The molecule has 0 aliphatic rings. The normalized spacial score (nSPS) is 10.7. The summed E-state index contributed by atoms with van der Waals surface area (Å²) >= 11 is 3.17. The number of aromatic hydroxyl groups is 2. The van der Waals surface area contributed by atoms with Gasteiger partial charge in [-0.2, -0.15) is 5.10 Å². The van der Waals surface area contributed by atoms with Crippen LogP contribution >= 0.6 is 15.9 Å². The fourth-order valence-electron chi connectivity index (χ4n) is 1.67. The molecule has 0 unspecified atom stereocenters. The van der Waals surface area contributed by atoms with E-state index in [1.165, 1.54) is 12.1 Å². The van der Waals surface area contributed by atoms with E-state index in [0.29, 0.717) is 4.47 Å². The fraction of sp³-hybridized carbons (Fsp3) is 0.